The van der Waals surface area contributed by atoms with Gasteiger partial charge in [0.1, 0.15) is 11.2 Å². The third-order valence-corrected chi connectivity index (χ3v) is 8.51. The van der Waals surface area contributed by atoms with Crippen LogP contribution >= 0.6 is 0 Å². The number of furan rings is 1. The minimum atomic E-state index is 0.607. The van der Waals surface area contributed by atoms with Crippen LogP contribution in [0.4, 0.5) is 0 Å². The summed E-state index contributed by atoms with van der Waals surface area (Å²) in [6.45, 7) is 0. The summed E-state index contributed by atoms with van der Waals surface area (Å²) in [5, 5.41) is 6.79. The first kappa shape index (κ1) is 25.4. The van der Waals surface area contributed by atoms with Crippen molar-refractivity contribution < 1.29 is 4.42 Å². The van der Waals surface area contributed by atoms with Crippen LogP contribution in [0, 0.1) is 0 Å². The van der Waals surface area contributed by atoms with E-state index in [2.05, 4.69) is 115 Å². The average Bonchev–Trinajstić information content (AvgIpc) is 3.51. The van der Waals surface area contributed by atoms with Gasteiger partial charge in [-0.2, -0.15) is 0 Å². The van der Waals surface area contributed by atoms with Crippen LogP contribution in [0.3, 0.4) is 0 Å². The quantitative estimate of drug-likeness (QED) is 0.196. The SMILES string of the molecule is c1ccc(-c2cccc(-c3nc(-c4ccc5ccc6ccccc6c5c4)nc(-c4cccc5oc6ccccc6c45)n3)c2)cc1. The van der Waals surface area contributed by atoms with Gasteiger partial charge in [0.15, 0.2) is 17.5 Å². The largest absolute Gasteiger partial charge is 0.456 e. The molecule has 0 fully saturated rings. The van der Waals surface area contributed by atoms with E-state index < -0.39 is 0 Å². The Bertz CT molecular complexity index is 2550. The summed E-state index contributed by atoms with van der Waals surface area (Å²) in [4.78, 5) is 15.4. The fourth-order valence-electron chi connectivity index (χ4n) is 6.33. The Hall–Kier alpha value is -6.13. The predicted octanol–water partition coefficient (Wildman–Crippen LogP) is 10.7. The zero-order valence-electron chi connectivity index (χ0n) is 24.2. The number of fused-ring (bicyclic) bond motifs is 6. The van der Waals surface area contributed by atoms with Gasteiger partial charge >= 0.3 is 0 Å². The van der Waals surface area contributed by atoms with Crippen molar-refractivity contribution in [3.05, 3.63) is 152 Å². The summed E-state index contributed by atoms with van der Waals surface area (Å²) in [5.41, 5.74) is 6.67. The van der Waals surface area contributed by atoms with E-state index in [9.17, 15) is 0 Å². The molecule has 210 valence electrons. The first-order chi connectivity index (χ1) is 22.3. The molecule has 0 aliphatic heterocycles. The van der Waals surface area contributed by atoms with Crippen molar-refractivity contribution in [2.24, 2.45) is 0 Å². The molecule has 4 heteroatoms. The van der Waals surface area contributed by atoms with E-state index in [-0.39, 0.29) is 0 Å². The van der Waals surface area contributed by atoms with Crippen LogP contribution in [0.1, 0.15) is 0 Å². The highest BCUT2D eigenvalue weighted by Crippen LogP contribution is 2.37. The van der Waals surface area contributed by atoms with Gasteiger partial charge in [-0.1, -0.05) is 127 Å². The van der Waals surface area contributed by atoms with Gasteiger partial charge in [-0.25, -0.2) is 15.0 Å². The van der Waals surface area contributed by atoms with Gasteiger partial charge in [0, 0.05) is 27.5 Å². The van der Waals surface area contributed by atoms with Crippen molar-refractivity contribution in [3.8, 4) is 45.3 Å². The van der Waals surface area contributed by atoms with Crippen molar-refractivity contribution in [3.63, 3.8) is 0 Å². The van der Waals surface area contributed by atoms with Crippen molar-refractivity contribution in [1.82, 2.24) is 15.0 Å². The van der Waals surface area contributed by atoms with E-state index in [4.69, 9.17) is 19.4 Å². The highest BCUT2D eigenvalue weighted by molar-refractivity contribution is 6.12. The van der Waals surface area contributed by atoms with E-state index in [1.807, 2.05) is 36.4 Å². The number of para-hydroxylation sites is 1. The lowest BCUT2D eigenvalue weighted by molar-refractivity contribution is 0.669. The number of benzene rings is 7. The van der Waals surface area contributed by atoms with Crippen molar-refractivity contribution in [1.29, 1.82) is 0 Å². The molecule has 4 nitrogen and oxygen atoms in total. The zero-order chi connectivity index (χ0) is 29.7. The second-order valence-electron chi connectivity index (χ2n) is 11.3. The Balaban J connectivity index is 1.30. The van der Waals surface area contributed by atoms with Gasteiger partial charge in [0.25, 0.3) is 0 Å². The molecule has 0 aliphatic carbocycles. The van der Waals surface area contributed by atoms with Crippen LogP contribution in [0.25, 0.3) is 88.8 Å². The lowest BCUT2D eigenvalue weighted by atomic mass is 9.99. The Labute approximate surface area is 259 Å². The Morgan fingerprint density at radius 1 is 0.356 bits per heavy atom. The molecule has 0 saturated carbocycles. The molecule has 7 aromatic carbocycles. The summed E-state index contributed by atoms with van der Waals surface area (Å²) < 4.78 is 6.23. The number of hydrogen-bond acceptors (Lipinski definition) is 4. The normalized spacial score (nSPS) is 11.6. The van der Waals surface area contributed by atoms with E-state index in [1.54, 1.807) is 0 Å². The lowest BCUT2D eigenvalue weighted by Gasteiger charge is -2.11. The summed E-state index contributed by atoms with van der Waals surface area (Å²) in [6.07, 6.45) is 0. The van der Waals surface area contributed by atoms with E-state index >= 15 is 0 Å². The van der Waals surface area contributed by atoms with E-state index in [0.29, 0.717) is 17.5 Å². The van der Waals surface area contributed by atoms with Gasteiger partial charge in [-0.05, 0) is 56.9 Å². The van der Waals surface area contributed by atoms with Crippen LogP contribution in [-0.2, 0) is 0 Å². The smallest absolute Gasteiger partial charge is 0.164 e. The minimum absolute atomic E-state index is 0.607. The van der Waals surface area contributed by atoms with Gasteiger partial charge in [-0.3, -0.25) is 0 Å². The number of nitrogens with zero attached hydrogens (tertiary/aromatic N) is 3. The predicted molar refractivity (Wildman–Crippen MR) is 184 cm³/mol. The Morgan fingerprint density at radius 3 is 1.82 bits per heavy atom. The molecule has 0 spiro atoms. The molecule has 0 unspecified atom stereocenters. The molecule has 0 amide bonds. The summed E-state index contributed by atoms with van der Waals surface area (Å²) in [7, 11) is 0. The Morgan fingerprint density at radius 2 is 0.956 bits per heavy atom. The summed E-state index contributed by atoms with van der Waals surface area (Å²) in [5.74, 6) is 1.85. The Kier molecular flexibility index (Phi) is 5.78. The summed E-state index contributed by atoms with van der Waals surface area (Å²) in [6, 6.07) is 52.3. The van der Waals surface area contributed by atoms with Crippen LogP contribution in [0.2, 0.25) is 0 Å². The maximum absolute atomic E-state index is 6.23. The second-order valence-corrected chi connectivity index (χ2v) is 11.3. The van der Waals surface area contributed by atoms with Crippen molar-refractivity contribution in [2.75, 3.05) is 0 Å². The third kappa shape index (κ3) is 4.35. The molecule has 0 saturated heterocycles. The zero-order valence-corrected chi connectivity index (χ0v) is 24.2. The fraction of sp³-hybridized carbons (Fsp3) is 0. The lowest BCUT2D eigenvalue weighted by Crippen LogP contribution is -2.00. The molecule has 0 N–H and O–H groups in total. The van der Waals surface area contributed by atoms with Gasteiger partial charge in [0.2, 0.25) is 0 Å². The van der Waals surface area contributed by atoms with Crippen LogP contribution < -0.4 is 0 Å². The molecule has 0 bridgehead atoms. The molecule has 2 aromatic heterocycles. The average molecular weight is 576 g/mol. The molecule has 0 atom stereocenters. The minimum Gasteiger partial charge on any atom is -0.456 e. The number of aromatic nitrogens is 3. The molecule has 0 aliphatic rings. The number of rotatable bonds is 4. The van der Waals surface area contributed by atoms with Gasteiger partial charge in [-0.15, -0.1) is 0 Å². The molecule has 45 heavy (non-hydrogen) atoms. The molecular weight excluding hydrogens is 550 g/mol. The van der Waals surface area contributed by atoms with Crippen LogP contribution in [0.5, 0.6) is 0 Å². The molecule has 0 radical (unpaired) electrons. The highest BCUT2D eigenvalue weighted by Gasteiger charge is 2.18. The molecule has 2 heterocycles. The van der Waals surface area contributed by atoms with Gasteiger partial charge in [0.05, 0.1) is 0 Å². The van der Waals surface area contributed by atoms with Crippen molar-refractivity contribution in [2.45, 2.75) is 0 Å². The first-order valence-corrected chi connectivity index (χ1v) is 15.0. The molecular formula is C41H25N3O. The van der Waals surface area contributed by atoms with E-state index in [0.717, 1.165) is 49.8 Å². The van der Waals surface area contributed by atoms with Crippen molar-refractivity contribution >= 4 is 43.5 Å². The highest BCUT2D eigenvalue weighted by atomic mass is 16.3. The standard InChI is InChI=1S/C41H25N3O/c1-2-10-26(11-3-1)29-13-8-14-30(24-29)39-42-40(31-23-22-28-21-20-27-12-4-5-15-32(27)35(28)25-31)44-41(43-39)34-17-9-19-37-38(34)33-16-6-7-18-36(33)45-37/h1-25H. The maximum Gasteiger partial charge on any atom is 0.164 e. The van der Waals surface area contributed by atoms with E-state index in [1.165, 1.54) is 21.5 Å². The number of hydrogen-bond donors (Lipinski definition) is 0. The molecule has 9 rings (SSSR count). The van der Waals surface area contributed by atoms with Crippen LogP contribution in [0.15, 0.2) is 156 Å². The van der Waals surface area contributed by atoms with Gasteiger partial charge < -0.3 is 4.42 Å². The monoisotopic (exact) mass is 575 g/mol. The molecule has 9 aromatic rings. The van der Waals surface area contributed by atoms with Crippen LogP contribution in [-0.4, -0.2) is 15.0 Å². The fourth-order valence-corrected chi connectivity index (χ4v) is 6.33. The first-order valence-electron chi connectivity index (χ1n) is 15.0. The second kappa shape index (κ2) is 10.2. The third-order valence-electron chi connectivity index (χ3n) is 8.51. The maximum atomic E-state index is 6.23. The topological polar surface area (TPSA) is 51.8 Å². The summed E-state index contributed by atoms with van der Waals surface area (Å²) >= 11 is 0.